The summed E-state index contributed by atoms with van der Waals surface area (Å²) in [7, 11) is -10.1. The number of quaternary nitrogens is 2. The van der Waals surface area contributed by atoms with Crippen molar-refractivity contribution in [2.24, 2.45) is 17.6 Å². The Morgan fingerprint density at radius 1 is 1.08 bits per heavy atom. The third kappa shape index (κ3) is 6.11. The summed E-state index contributed by atoms with van der Waals surface area (Å²) in [6, 6.07) is 8.51. The summed E-state index contributed by atoms with van der Waals surface area (Å²) in [6.07, 6.45) is -0.190. The molecule has 2 bridgehead atoms. The van der Waals surface area contributed by atoms with Crippen LogP contribution in [0.2, 0.25) is 0 Å². The molecule has 6 aliphatic heterocycles. The maximum Gasteiger partial charge on any atom is 0.485 e. The van der Waals surface area contributed by atoms with Crippen LogP contribution in [0, 0.1) is 11.8 Å². The number of benzene rings is 2. The smallest absolute Gasteiger partial charge is 0.485 e. The number of fused-ring (bicyclic) bond motifs is 4. The van der Waals surface area contributed by atoms with Crippen LogP contribution in [0.1, 0.15) is 19.4 Å². The second-order valence-corrected chi connectivity index (χ2v) is 17.6. The van der Waals surface area contributed by atoms with Gasteiger partial charge in [-0.05, 0) is 35.6 Å². The number of amides is 2. The summed E-state index contributed by atoms with van der Waals surface area (Å²) < 4.78 is 89.8. The molecule has 4 fully saturated rings. The van der Waals surface area contributed by atoms with Crippen LogP contribution in [0.3, 0.4) is 0 Å². The van der Waals surface area contributed by atoms with Gasteiger partial charge in [-0.2, -0.15) is 13.2 Å². The minimum absolute atomic E-state index is 0.186. The number of rotatable bonds is 9. The molecule has 52 heavy (non-hydrogen) atoms. The van der Waals surface area contributed by atoms with E-state index < -0.39 is 61.5 Å². The Morgan fingerprint density at radius 3 is 2.17 bits per heavy atom. The van der Waals surface area contributed by atoms with E-state index in [0.717, 1.165) is 77.0 Å². The van der Waals surface area contributed by atoms with E-state index in [2.05, 4.69) is 0 Å². The molecule has 15 nitrogen and oxygen atoms in total. The number of aliphatic carboxylic acids is 1. The van der Waals surface area contributed by atoms with Gasteiger partial charge in [-0.15, -0.1) is 0 Å². The number of hydrogen-bond donors (Lipinski definition) is 2. The van der Waals surface area contributed by atoms with Crippen LogP contribution in [-0.2, 0) is 40.9 Å². The Bertz CT molecular complexity index is 2100. The Balaban J connectivity index is 0.000000522. The van der Waals surface area contributed by atoms with E-state index in [1.165, 1.54) is 11.2 Å². The first-order chi connectivity index (χ1) is 24.0. The Morgan fingerprint density at radius 2 is 1.65 bits per heavy atom. The molecule has 4 saturated heterocycles. The van der Waals surface area contributed by atoms with E-state index in [1.54, 1.807) is 19.1 Å². The fourth-order valence-corrected chi connectivity index (χ4v) is 10.3. The van der Waals surface area contributed by atoms with Gasteiger partial charge < -0.3 is 39.2 Å². The Labute approximate surface area is 297 Å². The number of aliphatic hydroxyl groups excluding tert-OH is 1. The molecule has 2 aromatic rings. The molecule has 8 rings (SSSR count). The number of primary amides is 1. The molecule has 4 atom stereocenters. The molecule has 0 spiro atoms. The third-order valence-electron chi connectivity index (χ3n) is 11.5. The van der Waals surface area contributed by atoms with Gasteiger partial charge in [0.05, 0.1) is 53.4 Å². The highest BCUT2D eigenvalue weighted by molar-refractivity contribution is 7.93. The van der Waals surface area contributed by atoms with E-state index in [-0.39, 0.29) is 23.0 Å². The van der Waals surface area contributed by atoms with E-state index in [4.69, 9.17) is 18.7 Å². The number of aliphatic hydroxyl groups is 1. The summed E-state index contributed by atoms with van der Waals surface area (Å²) in [5, 5.41) is 23.9. The average Bonchev–Trinajstić information content (AvgIpc) is 3.41. The number of nitrogens with zero attached hydrogens (tertiary/aromatic N) is 4. The number of halogens is 3. The van der Waals surface area contributed by atoms with Crippen LogP contribution < -0.4 is 15.1 Å². The van der Waals surface area contributed by atoms with Crippen molar-refractivity contribution in [2.75, 3.05) is 63.2 Å². The van der Waals surface area contributed by atoms with Crippen LogP contribution in [0.15, 0.2) is 46.5 Å². The van der Waals surface area contributed by atoms with E-state index in [1.807, 2.05) is 18.2 Å². The zero-order valence-corrected chi connectivity index (χ0v) is 29.8. The van der Waals surface area contributed by atoms with Crippen LogP contribution in [-0.4, -0.2) is 135 Å². The minimum atomic E-state index is -6.09. The second-order valence-electron chi connectivity index (χ2n) is 14.4. The zero-order valence-electron chi connectivity index (χ0n) is 28.2. The second kappa shape index (κ2) is 12.7. The monoisotopic (exact) mass is 773 g/mol. The molecule has 3 N–H and O–H groups in total. The summed E-state index contributed by atoms with van der Waals surface area (Å²) in [6.45, 7) is 10.1. The fraction of sp³-hybridized carbons (Fsp3) is 0.531. The number of piperazine rings is 3. The highest BCUT2D eigenvalue weighted by atomic mass is 32.2. The number of sulfonamides is 1. The first-order valence-electron chi connectivity index (χ1n) is 16.6. The van der Waals surface area contributed by atoms with Crippen molar-refractivity contribution in [3.05, 3.63) is 47.2 Å². The minimum Gasteiger partial charge on any atom is -0.741 e. The lowest BCUT2D eigenvalue weighted by Crippen LogP contribution is -2.76. The van der Waals surface area contributed by atoms with Crippen molar-refractivity contribution < 1.29 is 68.1 Å². The zero-order chi connectivity index (χ0) is 38.3. The molecule has 2 aromatic carbocycles. The number of alkyl halides is 3. The molecule has 0 aliphatic carbocycles. The normalized spacial score (nSPS) is 29.4. The van der Waals surface area contributed by atoms with Gasteiger partial charge in [0.25, 0.3) is 15.9 Å². The number of carboxylic acid groups (broad SMARTS) is 1. The van der Waals surface area contributed by atoms with E-state index in [9.17, 15) is 46.2 Å². The summed E-state index contributed by atoms with van der Waals surface area (Å²) >= 11 is 0. The van der Waals surface area contributed by atoms with Crippen LogP contribution in [0.25, 0.3) is 10.8 Å². The molecular formula is C32H38F3N5O10S2. The van der Waals surface area contributed by atoms with Crippen molar-refractivity contribution in [1.82, 2.24) is 4.90 Å². The molecule has 0 unspecified atom stereocenters. The molecule has 6 heterocycles. The number of anilines is 1. The summed E-state index contributed by atoms with van der Waals surface area (Å²) in [5.74, 6) is -3.50. The average molecular weight is 774 g/mol. The Hall–Kier alpha value is -3.82. The largest absolute Gasteiger partial charge is 0.741 e. The lowest BCUT2D eigenvalue weighted by Gasteiger charge is -2.55. The first kappa shape index (κ1) is 37.9. The number of carbonyl (C=O) groups is 3. The van der Waals surface area contributed by atoms with Gasteiger partial charge in [0.2, 0.25) is 5.91 Å². The first-order valence-corrected chi connectivity index (χ1v) is 19.4. The number of carbonyl (C=O) groups excluding carboxylic acids is 3. The molecule has 6 aliphatic rings. The van der Waals surface area contributed by atoms with Crippen molar-refractivity contribution in [3.8, 4) is 0 Å². The van der Waals surface area contributed by atoms with Crippen LogP contribution in [0.5, 0.6) is 0 Å². The molecule has 20 heteroatoms. The molecule has 0 aromatic heterocycles. The molecule has 284 valence electrons. The van der Waals surface area contributed by atoms with Crippen LogP contribution in [0.4, 0.5) is 18.9 Å². The molecule has 0 radical (unpaired) electrons. The standard InChI is InChI=1S/C31H37N5O7S.CHF3O3S/c1-18-22(29(31(40)41)34-28(18)26(19(2)37)30(34)39)16-33-23-5-3-4-21-20(6-7-24(27(21)23)44(33,42)43)8-9-35-10-13-36(14-11-35,15-12-35)17-25(32)38;2-1(3,4)8(5,6)7/h3-7,18-19,26,28,37H,8-17H2,1-2H3,(H-2,32,38,40,41);(H,5,6,7)/t18-,19+,26+,28+,35?,36?;/m0./s1. The predicted octanol–water partition coefficient (Wildman–Crippen LogP) is -1.05. The SMILES string of the molecule is C[C@@H](O)[C@H]1C(=O)N2C(C(=O)[O-])=C(CN3c4cccc5c(CC[N+]67CC[N+](CC(N)=O)(CC6)CC7)ccc(c45)S3(=O)=O)[C@H](C)[C@H]12.O=S(=O)([O-])C(F)(F)F. The number of hydrogen-bond acceptors (Lipinski definition) is 10. The van der Waals surface area contributed by atoms with Crippen molar-refractivity contribution in [1.29, 1.82) is 0 Å². The summed E-state index contributed by atoms with van der Waals surface area (Å²) in [4.78, 5) is 38.0. The van der Waals surface area contributed by atoms with E-state index >= 15 is 0 Å². The van der Waals surface area contributed by atoms with Crippen molar-refractivity contribution >= 4 is 54.4 Å². The fourth-order valence-electron chi connectivity index (χ4n) is 8.68. The summed E-state index contributed by atoms with van der Waals surface area (Å²) in [5.41, 5.74) is 1.44. The van der Waals surface area contributed by atoms with Gasteiger partial charge in [-0.25, -0.2) is 16.8 Å². The van der Waals surface area contributed by atoms with E-state index in [0.29, 0.717) is 23.2 Å². The number of β-lactam (4-membered cyclic amide) rings is 1. The van der Waals surface area contributed by atoms with Gasteiger partial charge in [0.1, 0.15) is 39.3 Å². The quantitative estimate of drug-likeness (QED) is 0.136. The van der Waals surface area contributed by atoms with Crippen molar-refractivity contribution in [2.45, 2.75) is 42.8 Å². The van der Waals surface area contributed by atoms with Crippen molar-refractivity contribution in [3.63, 3.8) is 0 Å². The highest BCUT2D eigenvalue weighted by Crippen LogP contribution is 2.50. The van der Waals surface area contributed by atoms with Gasteiger partial charge in [0.15, 0.2) is 16.7 Å². The topological polar surface area (TPSA) is 218 Å². The lowest BCUT2D eigenvalue weighted by atomic mass is 9.78. The van der Waals surface area contributed by atoms with Gasteiger partial charge >= 0.3 is 5.51 Å². The Kier molecular flexibility index (Phi) is 9.23. The lowest BCUT2D eigenvalue weighted by molar-refractivity contribution is -1.08. The van der Waals surface area contributed by atoms with Gasteiger partial charge in [-0.1, -0.05) is 25.1 Å². The molecule has 2 amide bonds. The van der Waals surface area contributed by atoms with Crippen LogP contribution >= 0.6 is 0 Å². The van der Waals surface area contributed by atoms with Gasteiger partial charge in [0, 0.05) is 17.7 Å². The molecule has 0 saturated carbocycles. The number of nitrogens with two attached hydrogens (primary N) is 1. The predicted molar refractivity (Wildman–Crippen MR) is 174 cm³/mol. The van der Waals surface area contributed by atoms with Gasteiger partial charge in [-0.3, -0.25) is 13.9 Å². The highest BCUT2D eigenvalue weighted by Gasteiger charge is 2.59. The molecular weight excluding hydrogens is 736 g/mol. The third-order valence-corrected chi connectivity index (χ3v) is 13.9. The maximum atomic E-state index is 14.0. The number of carboxylic acids is 1. The maximum absolute atomic E-state index is 14.0.